The SMILES string of the molecule is CNC(=O)NCCCCn1c(CCOC)nc2c(N)nc3ccccc3c21.CNC(=O)NCCCCn1c(CCOC)nc2c(N)nc3ccccc3c21.COCCc1nc2c(N)nc3ccccc3c2n1CCCCNC(=O)Nc1ccccc1.COCCc1nc2c(N)nc3ccccc3c2n1CCCCNC(=O)Nc1ccccc1Br. The second-order valence-electron chi connectivity index (χ2n) is 28.0. The number of aromatic nitrogens is 12. The van der Waals surface area contributed by atoms with Crippen molar-refractivity contribution in [2.24, 2.45) is 0 Å². The van der Waals surface area contributed by atoms with Gasteiger partial charge < -0.3 is 103 Å². The summed E-state index contributed by atoms with van der Waals surface area (Å²) in [6, 6.07) is 48.1. The van der Waals surface area contributed by atoms with Crippen LogP contribution in [-0.4, -0.2) is 177 Å². The summed E-state index contributed by atoms with van der Waals surface area (Å²) in [6.07, 6.45) is 9.76. The zero-order valence-electron chi connectivity index (χ0n) is 68.2. The normalized spacial score (nSPS) is 11.2. The number of carbonyl (C=O) groups excluding carboxylic acids is 4. The van der Waals surface area contributed by atoms with Crippen LogP contribution in [0.4, 0.5) is 53.8 Å². The summed E-state index contributed by atoms with van der Waals surface area (Å²) >= 11 is 3.43. The quantitative estimate of drug-likeness (QED) is 0.0167. The van der Waals surface area contributed by atoms with Crippen LogP contribution < -0.4 is 65.5 Å². The van der Waals surface area contributed by atoms with E-state index in [1.807, 2.05) is 127 Å². The first-order valence-corrected chi connectivity index (χ1v) is 40.7. The summed E-state index contributed by atoms with van der Waals surface area (Å²) < 4.78 is 30.8. The molecule has 0 bridgehead atoms. The van der Waals surface area contributed by atoms with Gasteiger partial charge in [-0.3, -0.25) is 0 Å². The number of nitrogens with one attached hydrogen (secondary N) is 8. The lowest BCUT2D eigenvalue weighted by Gasteiger charge is -2.12. The maximum atomic E-state index is 12.2. The average Bonchev–Trinajstić information content (AvgIpc) is 1.64. The van der Waals surface area contributed by atoms with Gasteiger partial charge in [-0.05, 0) is 116 Å². The number of anilines is 6. The van der Waals surface area contributed by atoms with Gasteiger partial charge in [0.05, 0.1) is 76.2 Å². The minimum atomic E-state index is -0.222. The molecule has 0 saturated carbocycles. The smallest absolute Gasteiger partial charge is 0.319 e. The molecule has 14 aromatic rings. The van der Waals surface area contributed by atoms with Crippen molar-refractivity contribution in [3.05, 3.63) is 179 Å². The standard InChI is InChI=1S/C24H27BrN6O2.C24H28N6O2.2C19H26N6O2/c1-33-15-12-20-30-21-22(16-8-2-4-10-18(16)28-23(21)26)31(20)14-7-6-13-27-24(32)29-19-11-5-3-9-17(19)25;1-32-16-13-20-29-21-22(18-11-5-6-12-19(18)28-23(21)25)30(20)15-8-7-14-26-24(31)27-17-9-3-2-4-10-17;2*1-21-19(26)22-10-5-6-11-25-15(9-12-27-2)24-16-17(25)13-7-3-4-8-14(13)23-18(16)20/h2-5,8-11H,6-7,12-15H2,1H3,(H2,26,28)(H2,27,29,32);2-6,9-12H,7-8,13-16H2,1H3,(H2,25,28)(H2,26,27,31);2*3-4,7-8H,5-6,9-12H2,1-2H3,(H2,20,23)(H2,21,22,26). The Morgan fingerprint density at radius 1 is 0.336 bits per heavy atom. The molecular formula is C86H107BrN24O8. The largest absolute Gasteiger partial charge is 0.384 e. The molecule has 32 nitrogen and oxygen atoms in total. The zero-order valence-corrected chi connectivity index (χ0v) is 69.8. The molecule has 0 aliphatic heterocycles. The molecular weight excluding hydrogens is 1580 g/mol. The molecule has 0 aliphatic carbocycles. The van der Waals surface area contributed by atoms with E-state index < -0.39 is 0 Å². The predicted octanol–water partition coefficient (Wildman–Crippen LogP) is 12.8. The van der Waals surface area contributed by atoms with Gasteiger partial charge in [0, 0.05) is 152 Å². The summed E-state index contributed by atoms with van der Waals surface area (Å²) in [7, 11) is 9.95. The maximum absolute atomic E-state index is 12.2. The highest BCUT2D eigenvalue weighted by Gasteiger charge is 2.23. The van der Waals surface area contributed by atoms with Crippen LogP contribution in [0.1, 0.15) is 74.7 Å². The van der Waals surface area contributed by atoms with Gasteiger partial charge in [0.15, 0.2) is 23.3 Å². The lowest BCUT2D eigenvalue weighted by Crippen LogP contribution is -2.33. The van der Waals surface area contributed by atoms with Crippen molar-refractivity contribution in [3.8, 4) is 0 Å². The lowest BCUT2D eigenvalue weighted by molar-refractivity contribution is 0.199. The number of urea groups is 4. The number of carbonyl (C=O) groups is 4. The number of aryl methyl sites for hydroxylation is 4. The van der Waals surface area contributed by atoms with Gasteiger partial charge in [-0.15, -0.1) is 0 Å². The molecule has 33 heteroatoms. The van der Waals surface area contributed by atoms with E-state index in [-0.39, 0.29) is 24.1 Å². The van der Waals surface area contributed by atoms with Gasteiger partial charge in [-0.25, -0.2) is 59.0 Å². The zero-order chi connectivity index (χ0) is 84.0. The summed E-state index contributed by atoms with van der Waals surface area (Å²) in [5.41, 5.74) is 36.8. The van der Waals surface area contributed by atoms with Crippen LogP contribution in [0.15, 0.2) is 156 Å². The highest BCUT2D eigenvalue weighted by Crippen LogP contribution is 2.34. The van der Waals surface area contributed by atoms with Crippen molar-refractivity contribution < 1.29 is 38.1 Å². The number of ether oxygens (including phenoxy) is 4. The first-order valence-electron chi connectivity index (χ1n) is 40.0. The number of halogens is 1. The van der Waals surface area contributed by atoms with Crippen LogP contribution in [0, 0.1) is 0 Å². The second-order valence-corrected chi connectivity index (χ2v) is 28.8. The van der Waals surface area contributed by atoms with E-state index in [9.17, 15) is 19.2 Å². The van der Waals surface area contributed by atoms with E-state index in [1.165, 1.54) is 0 Å². The molecule has 119 heavy (non-hydrogen) atoms. The van der Waals surface area contributed by atoms with Crippen LogP contribution in [0.25, 0.3) is 87.7 Å². The predicted molar refractivity (Wildman–Crippen MR) is 477 cm³/mol. The van der Waals surface area contributed by atoms with Gasteiger partial charge in [0.25, 0.3) is 0 Å². The van der Waals surface area contributed by atoms with Crippen LogP contribution >= 0.6 is 15.9 Å². The van der Waals surface area contributed by atoms with Crippen LogP contribution in [0.2, 0.25) is 0 Å². The number of imidazole rings is 4. The molecule has 0 spiro atoms. The molecule has 0 unspecified atom stereocenters. The van der Waals surface area contributed by atoms with Crippen molar-refractivity contribution in [2.45, 2.75) is 103 Å². The fraction of sp³-hybridized carbons (Fsp3) is 0.349. The van der Waals surface area contributed by atoms with Crippen LogP contribution in [0.3, 0.4) is 0 Å². The molecule has 8 heterocycles. The molecule has 6 aromatic carbocycles. The van der Waals surface area contributed by atoms with Crippen molar-refractivity contribution in [1.82, 2.24) is 90.0 Å². The summed E-state index contributed by atoms with van der Waals surface area (Å²) in [5.74, 6) is 5.51. The highest BCUT2D eigenvalue weighted by molar-refractivity contribution is 9.10. The Balaban J connectivity index is 0.000000156. The number of fused-ring (bicyclic) bond motifs is 12. The Hall–Kier alpha value is -12.6. The van der Waals surface area contributed by atoms with Gasteiger partial charge in [-0.1, -0.05) is 103 Å². The van der Waals surface area contributed by atoms with Gasteiger partial charge >= 0.3 is 24.1 Å². The number of para-hydroxylation sites is 6. The number of unbranched alkanes of at least 4 members (excludes halogenated alkanes) is 4. The van der Waals surface area contributed by atoms with E-state index >= 15 is 0 Å². The fourth-order valence-corrected chi connectivity index (χ4v) is 14.5. The maximum Gasteiger partial charge on any atom is 0.319 e. The van der Waals surface area contributed by atoms with E-state index in [1.54, 1.807) is 42.5 Å². The van der Waals surface area contributed by atoms with Crippen LogP contribution in [-0.2, 0) is 70.8 Å². The molecule has 0 saturated heterocycles. The first kappa shape index (κ1) is 87.3. The fourth-order valence-electron chi connectivity index (χ4n) is 14.1. The number of pyridine rings is 4. The monoisotopic (exact) mass is 1680 g/mol. The summed E-state index contributed by atoms with van der Waals surface area (Å²) in [5, 5.41) is 26.4. The van der Waals surface area contributed by atoms with Crippen molar-refractivity contribution in [3.63, 3.8) is 0 Å². The number of hydrogen-bond acceptors (Lipinski definition) is 20. The number of nitrogens with zero attached hydrogens (tertiary/aromatic N) is 12. The number of nitrogen functional groups attached to an aromatic ring is 4. The molecule has 8 amide bonds. The topological polar surface area (TPSA) is 428 Å². The Labute approximate surface area is 698 Å². The van der Waals surface area contributed by atoms with E-state index in [0.717, 1.165) is 204 Å². The molecule has 8 aromatic heterocycles. The molecule has 0 aliphatic rings. The molecule has 0 atom stereocenters. The molecule has 14 rings (SSSR count). The first-order chi connectivity index (χ1) is 58.1. The number of benzene rings is 6. The lowest BCUT2D eigenvalue weighted by atomic mass is 10.2. The second kappa shape index (κ2) is 44.1. The van der Waals surface area contributed by atoms with Gasteiger partial charge in [0.1, 0.15) is 45.4 Å². The summed E-state index contributed by atoms with van der Waals surface area (Å²) in [4.78, 5) is 83.9. The average molecular weight is 1680 g/mol. The third-order valence-corrected chi connectivity index (χ3v) is 20.6. The molecule has 16 N–H and O–H groups in total. The minimum absolute atomic E-state index is 0.159. The number of nitrogens with two attached hydrogens (primary N) is 4. The third-order valence-electron chi connectivity index (χ3n) is 19.9. The van der Waals surface area contributed by atoms with Crippen LogP contribution in [0.5, 0.6) is 0 Å². The number of hydrogen-bond donors (Lipinski definition) is 12. The van der Waals surface area contributed by atoms with Gasteiger partial charge in [0.2, 0.25) is 0 Å². The minimum Gasteiger partial charge on any atom is -0.384 e. The molecule has 0 fully saturated rings. The van der Waals surface area contributed by atoms with Crippen molar-refractivity contribution in [2.75, 3.05) is 129 Å². The van der Waals surface area contributed by atoms with E-state index in [4.69, 9.17) is 61.8 Å². The Morgan fingerprint density at radius 2 is 0.605 bits per heavy atom. The highest BCUT2D eigenvalue weighted by atomic mass is 79.9. The summed E-state index contributed by atoms with van der Waals surface area (Å²) in [6.45, 7) is 7.86. The number of methoxy groups -OCH3 is 4. The van der Waals surface area contributed by atoms with E-state index in [0.29, 0.717) is 102 Å². The molecule has 626 valence electrons. The Kier molecular flexibility index (Phi) is 32.4. The Morgan fingerprint density at radius 3 is 0.899 bits per heavy atom. The number of amides is 8. The molecule has 0 radical (unpaired) electrons. The number of rotatable bonds is 34. The van der Waals surface area contributed by atoms with Crippen molar-refractivity contribution in [1.29, 1.82) is 0 Å². The Bertz CT molecular complexity index is 5590. The van der Waals surface area contributed by atoms with Crippen molar-refractivity contribution >= 4 is 162 Å². The van der Waals surface area contributed by atoms with Gasteiger partial charge in [-0.2, -0.15) is 0 Å². The van der Waals surface area contributed by atoms with E-state index in [2.05, 4.69) is 121 Å². The third kappa shape index (κ3) is 22.8.